The molecule has 0 aliphatic carbocycles. The summed E-state index contributed by atoms with van der Waals surface area (Å²) in [5, 5.41) is 2.79. The number of nitrogen functional groups attached to an aromatic ring is 1. The molecule has 1 amide bonds. The smallest absolute Gasteiger partial charge is 0.253 e. The van der Waals surface area contributed by atoms with Crippen molar-refractivity contribution in [3.05, 3.63) is 65.5 Å². The zero-order valence-electron chi connectivity index (χ0n) is 10.6. The molecule has 3 N–H and O–H groups in total. The number of carbonyl (C=O) groups excluding carboxylic acids is 1. The summed E-state index contributed by atoms with van der Waals surface area (Å²) in [5.74, 6) is -0.964. The molecule has 0 saturated heterocycles. The second-order valence-corrected chi connectivity index (χ2v) is 4.31. The molecule has 0 aliphatic heterocycles. The molecule has 2 aromatic rings. The maximum atomic E-state index is 13.3. The highest BCUT2D eigenvalue weighted by Crippen LogP contribution is 2.18. The second kappa shape index (κ2) is 5.52. The van der Waals surface area contributed by atoms with E-state index in [0.29, 0.717) is 0 Å². The van der Waals surface area contributed by atoms with Gasteiger partial charge in [-0.05, 0) is 24.6 Å². The largest absolute Gasteiger partial charge is 0.396 e. The van der Waals surface area contributed by atoms with Crippen LogP contribution in [0.25, 0.3) is 0 Å². The first-order chi connectivity index (χ1) is 9.09. The number of benzene rings is 2. The van der Waals surface area contributed by atoms with Gasteiger partial charge in [0.2, 0.25) is 0 Å². The summed E-state index contributed by atoms with van der Waals surface area (Å²) in [6, 6.07) is 13.6. The van der Waals surface area contributed by atoms with Crippen LogP contribution in [0.4, 0.5) is 10.1 Å². The van der Waals surface area contributed by atoms with Gasteiger partial charge in [-0.15, -0.1) is 0 Å². The Balaban J connectivity index is 2.16. The lowest BCUT2D eigenvalue weighted by atomic mass is 10.1. The van der Waals surface area contributed by atoms with Crippen LogP contribution in [0.15, 0.2) is 48.5 Å². The van der Waals surface area contributed by atoms with Gasteiger partial charge in [0.25, 0.3) is 5.91 Å². The zero-order valence-corrected chi connectivity index (χ0v) is 10.6. The Kier molecular flexibility index (Phi) is 3.80. The molecule has 0 aliphatic rings. The molecule has 3 nitrogen and oxygen atoms in total. The number of para-hydroxylation sites is 1. The number of carbonyl (C=O) groups is 1. The number of hydrogen-bond donors (Lipinski definition) is 2. The lowest BCUT2D eigenvalue weighted by Crippen LogP contribution is -2.27. The van der Waals surface area contributed by atoms with Crippen LogP contribution in [0.2, 0.25) is 0 Å². The van der Waals surface area contributed by atoms with E-state index in [9.17, 15) is 9.18 Å². The maximum absolute atomic E-state index is 13.3. The first-order valence-electron chi connectivity index (χ1n) is 5.99. The molecular formula is C15H15FN2O. The van der Waals surface area contributed by atoms with E-state index in [2.05, 4.69) is 5.32 Å². The quantitative estimate of drug-likeness (QED) is 0.832. The van der Waals surface area contributed by atoms with Gasteiger partial charge in [0, 0.05) is 0 Å². The van der Waals surface area contributed by atoms with Crippen molar-refractivity contribution in [3.8, 4) is 0 Å². The summed E-state index contributed by atoms with van der Waals surface area (Å²) >= 11 is 0. The Labute approximate surface area is 111 Å². The van der Waals surface area contributed by atoms with Gasteiger partial charge in [0.05, 0.1) is 17.3 Å². The van der Waals surface area contributed by atoms with Crippen LogP contribution < -0.4 is 11.1 Å². The highest BCUT2D eigenvalue weighted by molar-refractivity contribution is 5.99. The molecule has 19 heavy (non-hydrogen) atoms. The first kappa shape index (κ1) is 13.1. The van der Waals surface area contributed by atoms with E-state index in [1.54, 1.807) is 0 Å². The van der Waals surface area contributed by atoms with Crippen molar-refractivity contribution < 1.29 is 9.18 Å². The minimum Gasteiger partial charge on any atom is -0.396 e. The molecular weight excluding hydrogens is 243 g/mol. The average molecular weight is 258 g/mol. The molecule has 0 saturated carbocycles. The number of amides is 1. The summed E-state index contributed by atoms with van der Waals surface area (Å²) in [7, 11) is 0. The molecule has 2 rings (SSSR count). The number of rotatable bonds is 3. The Morgan fingerprint density at radius 3 is 2.53 bits per heavy atom. The van der Waals surface area contributed by atoms with Crippen LogP contribution >= 0.6 is 0 Å². The SMILES string of the molecule is CC(NC(=O)c1cccc(F)c1N)c1ccccc1. The normalized spacial score (nSPS) is 11.9. The van der Waals surface area contributed by atoms with Gasteiger partial charge in [-0.3, -0.25) is 4.79 Å². The molecule has 0 spiro atoms. The zero-order chi connectivity index (χ0) is 13.8. The van der Waals surface area contributed by atoms with Crippen molar-refractivity contribution in [2.45, 2.75) is 13.0 Å². The standard InChI is InChI=1S/C15H15FN2O/c1-10(11-6-3-2-4-7-11)18-15(19)12-8-5-9-13(16)14(12)17/h2-10H,17H2,1H3,(H,18,19). The fraction of sp³-hybridized carbons (Fsp3) is 0.133. The molecule has 0 aromatic heterocycles. The minimum absolute atomic E-state index is 0.125. The molecule has 0 heterocycles. The molecule has 98 valence electrons. The number of nitrogens with one attached hydrogen (secondary N) is 1. The summed E-state index contributed by atoms with van der Waals surface area (Å²) < 4.78 is 13.3. The van der Waals surface area contributed by atoms with Gasteiger partial charge in [-0.2, -0.15) is 0 Å². The van der Waals surface area contributed by atoms with Crippen molar-refractivity contribution in [1.82, 2.24) is 5.32 Å². The maximum Gasteiger partial charge on any atom is 0.253 e. The van der Waals surface area contributed by atoms with Gasteiger partial charge < -0.3 is 11.1 Å². The van der Waals surface area contributed by atoms with E-state index in [4.69, 9.17) is 5.73 Å². The summed E-state index contributed by atoms with van der Waals surface area (Å²) in [5.41, 5.74) is 6.57. The first-order valence-corrected chi connectivity index (χ1v) is 5.99. The van der Waals surface area contributed by atoms with E-state index >= 15 is 0 Å². The van der Waals surface area contributed by atoms with Gasteiger partial charge in [0.15, 0.2) is 0 Å². The molecule has 0 bridgehead atoms. The van der Waals surface area contributed by atoms with Crippen LogP contribution in [0.5, 0.6) is 0 Å². The number of anilines is 1. The molecule has 1 atom stereocenters. The van der Waals surface area contributed by atoms with E-state index in [0.717, 1.165) is 5.56 Å². The Morgan fingerprint density at radius 1 is 1.16 bits per heavy atom. The molecule has 0 fully saturated rings. The van der Waals surface area contributed by atoms with Crippen LogP contribution in [0.1, 0.15) is 28.9 Å². The van der Waals surface area contributed by atoms with Crippen molar-refractivity contribution in [3.63, 3.8) is 0 Å². The van der Waals surface area contributed by atoms with Crippen LogP contribution in [-0.4, -0.2) is 5.91 Å². The van der Waals surface area contributed by atoms with Crippen LogP contribution in [-0.2, 0) is 0 Å². The van der Waals surface area contributed by atoms with Crippen LogP contribution in [0.3, 0.4) is 0 Å². The summed E-state index contributed by atoms with van der Waals surface area (Å²) in [4.78, 5) is 12.0. The highest BCUT2D eigenvalue weighted by Gasteiger charge is 2.15. The van der Waals surface area contributed by atoms with E-state index in [1.807, 2.05) is 37.3 Å². The van der Waals surface area contributed by atoms with Gasteiger partial charge in [-0.1, -0.05) is 36.4 Å². The fourth-order valence-electron chi connectivity index (χ4n) is 1.83. The predicted molar refractivity (Wildman–Crippen MR) is 73.1 cm³/mol. The Morgan fingerprint density at radius 2 is 1.84 bits per heavy atom. The monoisotopic (exact) mass is 258 g/mol. The molecule has 4 heteroatoms. The average Bonchev–Trinajstić information content (AvgIpc) is 2.42. The number of nitrogens with two attached hydrogens (primary N) is 1. The lowest BCUT2D eigenvalue weighted by molar-refractivity contribution is 0.0940. The molecule has 0 radical (unpaired) electrons. The number of halogens is 1. The van der Waals surface area contributed by atoms with Crippen molar-refractivity contribution in [2.75, 3.05) is 5.73 Å². The Hall–Kier alpha value is -2.36. The van der Waals surface area contributed by atoms with E-state index in [1.165, 1.54) is 18.2 Å². The van der Waals surface area contributed by atoms with Gasteiger partial charge in [0.1, 0.15) is 5.82 Å². The van der Waals surface area contributed by atoms with Gasteiger partial charge in [-0.25, -0.2) is 4.39 Å². The van der Waals surface area contributed by atoms with Crippen molar-refractivity contribution >= 4 is 11.6 Å². The van der Waals surface area contributed by atoms with Crippen LogP contribution in [0, 0.1) is 5.82 Å². The molecule has 1 unspecified atom stereocenters. The summed E-state index contributed by atoms with van der Waals surface area (Å²) in [6.07, 6.45) is 0. The number of hydrogen-bond acceptors (Lipinski definition) is 2. The van der Waals surface area contributed by atoms with E-state index < -0.39 is 5.82 Å². The third-order valence-corrected chi connectivity index (χ3v) is 2.94. The van der Waals surface area contributed by atoms with Crippen molar-refractivity contribution in [2.24, 2.45) is 0 Å². The lowest BCUT2D eigenvalue weighted by Gasteiger charge is -2.15. The van der Waals surface area contributed by atoms with Gasteiger partial charge >= 0.3 is 0 Å². The summed E-state index contributed by atoms with van der Waals surface area (Å²) in [6.45, 7) is 1.86. The third kappa shape index (κ3) is 2.91. The topological polar surface area (TPSA) is 55.1 Å². The van der Waals surface area contributed by atoms with Crippen molar-refractivity contribution in [1.29, 1.82) is 0 Å². The molecule has 2 aromatic carbocycles. The van der Waals surface area contributed by atoms with E-state index in [-0.39, 0.29) is 23.2 Å². The predicted octanol–water partition coefficient (Wildman–Crippen LogP) is 2.90. The third-order valence-electron chi connectivity index (χ3n) is 2.94. The minimum atomic E-state index is -0.583. The highest BCUT2D eigenvalue weighted by atomic mass is 19.1. The fourth-order valence-corrected chi connectivity index (χ4v) is 1.83. The second-order valence-electron chi connectivity index (χ2n) is 4.31. The Bertz CT molecular complexity index is 584.